The highest BCUT2D eigenvalue weighted by Crippen LogP contribution is 2.44. The molecule has 0 aliphatic carbocycles. The third kappa shape index (κ3) is 6.58. The van der Waals surface area contributed by atoms with Crippen molar-refractivity contribution in [2.45, 2.75) is 128 Å². The lowest BCUT2D eigenvalue weighted by atomic mass is 10.0. The van der Waals surface area contributed by atoms with Gasteiger partial charge >= 0.3 is 0 Å². The molecule has 0 aromatic rings. The number of rotatable bonds is 12. The lowest BCUT2D eigenvalue weighted by Gasteiger charge is -2.45. The van der Waals surface area contributed by atoms with Crippen LogP contribution in [0.5, 0.6) is 0 Å². The fourth-order valence-electron chi connectivity index (χ4n) is 4.14. The molecule has 4 atom stereocenters. The second-order valence-corrected chi connectivity index (χ2v) is 21.1. The molecular weight excluding hydrogens is 415 g/mol. The van der Waals surface area contributed by atoms with Gasteiger partial charge in [-0.2, -0.15) is 0 Å². The summed E-state index contributed by atoms with van der Waals surface area (Å²) in [6.07, 6.45) is -4.21. The summed E-state index contributed by atoms with van der Waals surface area (Å²) in [6, 6.07) is 0. The number of aliphatic hydroxyl groups excluding tert-OH is 1. The molecule has 0 saturated heterocycles. The minimum atomic E-state index is -2.40. The first-order chi connectivity index (χ1) is 13.4. The highest BCUT2D eigenvalue weighted by atomic mass is 28.4. The molecule has 0 aliphatic rings. The van der Waals surface area contributed by atoms with E-state index >= 15 is 4.39 Å². The number of Topliss-reactive ketones (excluding diaryl/α,β-unsaturated/α-hetero) is 1. The number of hydrogen-bond acceptors (Lipinski definition) is 4. The zero-order valence-electron chi connectivity index (χ0n) is 21.4. The summed E-state index contributed by atoms with van der Waals surface area (Å²) in [4.78, 5) is 12.3. The van der Waals surface area contributed by atoms with Gasteiger partial charge in [-0.1, -0.05) is 68.4 Å². The van der Waals surface area contributed by atoms with E-state index in [1.165, 1.54) is 13.0 Å². The lowest BCUT2D eigenvalue weighted by Crippen LogP contribution is -2.56. The van der Waals surface area contributed by atoms with Gasteiger partial charge in [-0.3, -0.25) is 4.79 Å². The highest BCUT2D eigenvalue weighted by molar-refractivity contribution is 6.77. The van der Waals surface area contributed by atoms with Crippen LogP contribution < -0.4 is 0 Å². The van der Waals surface area contributed by atoms with Gasteiger partial charge in [-0.25, -0.2) is 4.39 Å². The van der Waals surface area contributed by atoms with E-state index in [1.807, 2.05) is 33.9 Å². The number of carbonyl (C=O) groups excluding carboxylic acids is 1. The summed E-state index contributed by atoms with van der Waals surface area (Å²) < 4.78 is 28.3. The number of hydrogen-bond donors (Lipinski definition) is 1. The van der Waals surface area contributed by atoms with E-state index in [0.29, 0.717) is 0 Å². The number of ketones is 1. The molecule has 1 N–H and O–H groups in total. The van der Waals surface area contributed by atoms with E-state index in [9.17, 15) is 9.90 Å². The Morgan fingerprint density at radius 3 is 1.67 bits per heavy atom. The molecule has 0 spiro atoms. The molecule has 0 bridgehead atoms. The summed E-state index contributed by atoms with van der Waals surface area (Å²) in [5.74, 6) is -0.377. The first-order valence-corrected chi connectivity index (χ1v) is 16.2. The maximum absolute atomic E-state index is 15.6. The number of carbonyl (C=O) groups is 1. The molecule has 0 aromatic carbocycles. The third-order valence-corrected chi connectivity index (χ3v) is 17.4. The van der Waals surface area contributed by atoms with Crippen LogP contribution in [0.4, 0.5) is 4.39 Å². The van der Waals surface area contributed by atoms with Gasteiger partial charge in [0.15, 0.2) is 20.3 Å². The van der Waals surface area contributed by atoms with Gasteiger partial charge in [0.1, 0.15) is 12.2 Å². The lowest BCUT2D eigenvalue weighted by molar-refractivity contribution is -0.134. The van der Waals surface area contributed by atoms with Crippen molar-refractivity contribution in [2.75, 3.05) is 0 Å². The van der Waals surface area contributed by atoms with Gasteiger partial charge in [0.05, 0.1) is 6.10 Å². The van der Waals surface area contributed by atoms with Gasteiger partial charge in [-0.05, 0) is 41.7 Å². The molecule has 0 fully saturated rings. The number of halogens is 1. The van der Waals surface area contributed by atoms with Crippen LogP contribution in [-0.4, -0.2) is 52.0 Å². The van der Waals surface area contributed by atoms with E-state index in [0.717, 1.165) is 0 Å². The minimum Gasteiger partial charge on any atom is -0.407 e. The van der Waals surface area contributed by atoms with Gasteiger partial charge < -0.3 is 14.0 Å². The Morgan fingerprint density at radius 1 is 1.00 bits per heavy atom. The number of aliphatic hydroxyl groups is 1. The zero-order valence-corrected chi connectivity index (χ0v) is 23.4. The topological polar surface area (TPSA) is 55.8 Å². The molecule has 0 saturated carbocycles. The monoisotopic (exact) mass is 462 g/mol. The van der Waals surface area contributed by atoms with Crippen LogP contribution in [0.3, 0.4) is 0 Å². The quantitative estimate of drug-likeness (QED) is 0.269. The Morgan fingerprint density at radius 2 is 1.40 bits per heavy atom. The maximum Gasteiger partial charge on any atom is 0.201 e. The summed E-state index contributed by atoms with van der Waals surface area (Å²) in [6.45, 7) is 27.9. The molecule has 0 radical (unpaired) electrons. The van der Waals surface area contributed by atoms with Crippen LogP contribution in [0, 0.1) is 0 Å². The first kappa shape index (κ1) is 29.7. The molecule has 4 nitrogen and oxygen atoms in total. The molecule has 0 amide bonds. The highest BCUT2D eigenvalue weighted by Gasteiger charge is 2.50. The zero-order chi connectivity index (χ0) is 24.2. The predicted molar refractivity (Wildman–Crippen MR) is 130 cm³/mol. The Kier molecular flexibility index (Phi) is 10.9. The van der Waals surface area contributed by atoms with Gasteiger partial charge in [0, 0.05) is 0 Å². The van der Waals surface area contributed by atoms with Crippen molar-refractivity contribution < 1.29 is 23.1 Å². The molecular formula is C23H47FO4Si2. The second-order valence-electron chi connectivity index (χ2n) is 11.0. The van der Waals surface area contributed by atoms with Crippen LogP contribution in [0.2, 0.25) is 34.8 Å². The Balaban J connectivity index is 5.92. The van der Waals surface area contributed by atoms with Crippen molar-refractivity contribution in [2.24, 2.45) is 0 Å². The molecule has 7 heteroatoms. The Labute approximate surface area is 186 Å². The minimum absolute atomic E-state index is 0.171. The van der Waals surface area contributed by atoms with Crippen LogP contribution in [0.1, 0.15) is 69.2 Å². The van der Waals surface area contributed by atoms with Crippen LogP contribution in [0.15, 0.2) is 12.7 Å². The van der Waals surface area contributed by atoms with Crippen molar-refractivity contribution in [3.05, 3.63) is 12.7 Å². The van der Waals surface area contributed by atoms with E-state index in [2.05, 4.69) is 48.1 Å². The van der Waals surface area contributed by atoms with Crippen molar-refractivity contribution in [3.8, 4) is 0 Å². The summed E-state index contributed by atoms with van der Waals surface area (Å²) >= 11 is 0. The van der Waals surface area contributed by atoms with Crippen molar-refractivity contribution in [3.63, 3.8) is 0 Å². The molecule has 178 valence electrons. The maximum atomic E-state index is 15.6. The molecule has 0 heterocycles. The van der Waals surface area contributed by atoms with Crippen molar-refractivity contribution >= 4 is 22.4 Å². The fourth-order valence-corrected chi connectivity index (χ4v) is 10.9. The standard InChI is InChI=1S/C23H47FO4Si2/c1-14-19(27-30(15(2)3,16(4)5)17(6)7)20(24)21(26)22(18(8)25)28-29(12,13)23(9,10)11/h14-17,19-22,26H,1H2,2-13H3/t19-,20+,21-,22+/m0/s1. The van der Waals surface area contributed by atoms with E-state index < -0.39 is 41.1 Å². The summed E-state index contributed by atoms with van der Waals surface area (Å²) in [5.41, 5.74) is 0.782. The normalized spacial score (nSPS) is 17.9. The molecule has 30 heavy (non-hydrogen) atoms. The average Bonchev–Trinajstić information content (AvgIpc) is 2.57. The van der Waals surface area contributed by atoms with Crippen LogP contribution >= 0.6 is 0 Å². The largest absolute Gasteiger partial charge is 0.407 e. The van der Waals surface area contributed by atoms with Crippen LogP contribution in [-0.2, 0) is 13.6 Å². The van der Waals surface area contributed by atoms with E-state index in [1.54, 1.807) is 0 Å². The van der Waals surface area contributed by atoms with Gasteiger partial charge in [0.25, 0.3) is 0 Å². The van der Waals surface area contributed by atoms with Gasteiger partial charge in [0.2, 0.25) is 8.32 Å². The Bertz CT molecular complexity index is 548. The van der Waals surface area contributed by atoms with Crippen molar-refractivity contribution in [1.82, 2.24) is 0 Å². The average molecular weight is 463 g/mol. The molecule has 0 aromatic heterocycles. The first-order valence-electron chi connectivity index (χ1n) is 11.2. The fraction of sp³-hybridized carbons (Fsp3) is 0.870. The predicted octanol–water partition coefficient (Wildman–Crippen LogP) is 6.41. The molecule has 0 aliphatic heterocycles. The SMILES string of the molecule is C=C[C@H](O[Si](C(C)C)(C(C)C)C(C)C)[C@@H](F)[C@H](O)[C@H](O[Si](C)(C)C(C)(C)C)C(C)=O. The van der Waals surface area contributed by atoms with E-state index in [-0.39, 0.29) is 27.4 Å². The third-order valence-electron chi connectivity index (χ3n) is 6.86. The van der Waals surface area contributed by atoms with Crippen molar-refractivity contribution in [1.29, 1.82) is 0 Å². The Hall–Kier alpha value is -0.346. The second kappa shape index (κ2) is 11.0. The smallest absolute Gasteiger partial charge is 0.201 e. The summed E-state index contributed by atoms with van der Waals surface area (Å²) in [5, 5.41) is 10.7. The van der Waals surface area contributed by atoms with E-state index in [4.69, 9.17) is 8.85 Å². The summed E-state index contributed by atoms with van der Waals surface area (Å²) in [7, 11) is -4.79. The van der Waals surface area contributed by atoms with Crippen LogP contribution in [0.25, 0.3) is 0 Å². The molecule has 0 unspecified atom stereocenters. The van der Waals surface area contributed by atoms with Gasteiger partial charge in [-0.15, -0.1) is 6.58 Å². The molecule has 0 rings (SSSR count). The number of alkyl halides is 1.